The van der Waals surface area contributed by atoms with Crippen LogP contribution in [-0.4, -0.2) is 48.5 Å². The lowest BCUT2D eigenvalue weighted by Gasteiger charge is -2.33. The fourth-order valence-electron chi connectivity index (χ4n) is 3.70. The third-order valence-electron chi connectivity index (χ3n) is 5.06. The first kappa shape index (κ1) is 21.0. The number of thioether (sulfide) groups is 1. The van der Waals surface area contributed by atoms with Crippen molar-refractivity contribution < 1.29 is 23.8 Å². The van der Waals surface area contributed by atoms with Crippen LogP contribution in [-0.2, 0) is 14.3 Å². The Bertz CT molecular complexity index is 1080. The van der Waals surface area contributed by atoms with E-state index in [2.05, 4.69) is 0 Å². The van der Waals surface area contributed by atoms with Gasteiger partial charge >= 0.3 is 5.97 Å². The molecular weight excluding hydrogens is 416 g/mol. The van der Waals surface area contributed by atoms with Crippen LogP contribution in [0.2, 0.25) is 0 Å². The van der Waals surface area contributed by atoms with Crippen LogP contribution in [0.5, 0.6) is 11.5 Å². The SMILES string of the molecule is CCOC(=O)C1=C(c2ccccc2)N=C2SCC(=O)N2[C@H]1c1ccc(OC)c(OC)c1. The minimum Gasteiger partial charge on any atom is -0.493 e. The number of methoxy groups -OCH3 is 2. The highest BCUT2D eigenvalue weighted by Gasteiger charge is 2.44. The number of benzene rings is 2. The van der Waals surface area contributed by atoms with Crippen molar-refractivity contribution in [3.8, 4) is 11.5 Å². The molecule has 1 fully saturated rings. The molecule has 31 heavy (non-hydrogen) atoms. The standard InChI is InChI=1S/C23H22N2O5S/c1-4-30-22(27)19-20(14-8-6-5-7-9-14)24-23-25(18(26)13-31-23)21(19)15-10-11-16(28-2)17(12-15)29-3/h5-12,21H,4,13H2,1-3H3/t21-/m0/s1. The predicted molar refractivity (Wildman–Crippen MR) is 119 cm³/mol. The van der Waals surface area contributed by atoms with E-state index in [0.717, 1.165) is 5.56 Å². The normalized spacial score (nSPS) is 17.9. The van der Waals surface area contributed by atoms with Crippen molar-refractivity contribution in [3.05, 3.63) is 65.2 Å². The van der Waals surface area contributed by atoms with E-state index >= 15 is 0 Å². The lowest BCUT2D eigenvalue weighted by molar-refractivity contribution is -0.139. The van der Waals surface area contributed by atoms with Crippen LogP contribution in [0.1, 0.15) is 24.1 Å². The highest BCUT2D eigenvalue weighted by molar-refractivity contribution is 8.15. The van der Waals surface area contributed by atoms with Gasteiger partial charge in [-0.1, -0.05) is 48.2 Å². The predicted octanol–water partition coefficient (Wildman–Crippen LogP) is 3.66. The number of hydrogen-bond donors (Lipinski definition) is 0. The van der Waals surface area contributed by atoms with Crippen molar-refractivity contribution in [2.75, 3.05) is 26.6 Å². The number of nitrogens with zero attached hydrogens (tertiary/aromatic N) is 2. The molecule has 2 aromatic rings. The van der Waals surface area contributed by atoms with Crippen molar-refractivity contribution in [3.63, 3.8) is 0 Å². The molecule has 0 N–H and O–H groups in total. The second-order valence-corrected chi connectivity index (χ2v) is 7.76. The number of ether oxygens (including phenoxy) is 3. The smallest absolute Gasteiger partial charge is 0.338 e. The van der Waals surface area contributed by atoms with Gasteiger partial charge in [0, 0.05) is 5.56 Å². The van der Waals surface area contributed by atoms with Crippen molar-refractivity contribution >= 4 is 34.5 Å². The zero-order chi connectivity index (χ0) is 22.0. The summed E-state index contributed by atoms with van der Waals surface area (Å²) in [6.07, 6.45) is 0. The molecule has 0 bridgehead atoms. The Morgan fingerprint density at radius 2 is 1.87 bits per heavy atom. The van der Waals surface area contributed by atoms with Crippen LogP contribution in [0, 0.1) is 0 Å². The van der Waals surface area contributed by atoms with Gasteiger partial charge in [0.25, 0.3) is 0 Å². The lowest BCUT2D eigenvalue weighted by atomic mass is 9.91. The van der Waals surface area contributed by atoms with E-state index in [4.69, 9.17) is 19.2 Å². The van der Waals surface area contributed by atoms with Crippen LogP contribution in [0.15, 0.2) is 59.1 Å². The van der Waals surface area contributed by atoms with Crippen molar-refractivity contribution in [2.24, 2.45) is 4.99 Å². The second-order valence-electron chi connectivity index (χ2n) is 6.81. The van der Waals surface area contributed by atoms with Gasteiger partial charge in [0.1, 0.15) is 0 Å². The number of amides is 1. The molecule has 1 atom stereocenters. The number of carbonyl (C=O) groups is 2. The molecule has 2 aromatic carbocycles. The molecule has 2 aliphatic rings. The Morgan fingerprint density at radius 1 is 1.13 bits per heavy atom. The van der Waals surface area contributed by atoms with Crippen LogP contribution < -0.4 is 9.47 Å². The average molecular weight is 439 g/mol. The maximum Gasteiger partial charge on any atom is 0.338 e. The van der Waals surface area contributed by atoms with Gasteiger partial charge in [-0.2, -0.15) is 0 Å². The fourth-order valence-corrected chi connectivity index (χ4v) is 4.59. The summed E-state index contributed by atoms with van der Waals surface area (Å²) in [6.45, 7) is 1.96. The Labute approximate surface area is 184 Å². The molecular formula is C23H22N2O5S. The summed E-state index contributed by atoms with van der Waals surface area (Å²) < 4.78 is 16.2. The van der Waals surface area contributed by atoms with Gasteiger partial charge < -0.3 is 14.2 Å². The summed E-state index contributed by atoms with van der Waals surface area (Å²) in [5, 5.41) is 0.566. The molecule has 2 heterocycles. The Kier molecular flexibility index (Phi) is 5.99. The van der Waals surface area contributed by atoms with Gasteiger partial charge in [-0.3, -0.25) is 9.69 Å². The first-order valence-electron chi connectivity index (χ1n) is 9.81. The monoisotopic (exact) mass is 438 g/mol. The molecule has 2 aliphatic heterocycles. The quantitative estimate of drug-likeness (QED) is 0.641. The molecule has 1 amide bonds. The highest BCUT2D eigenvalue weighted by atomic mass is 32.2. The summed E-state index contributed by atoms with van der Waals surface area (Å²) >= 11 is 1.36. The molecule has 160 valence electrons. The van der Waals surface area contributed by atoms with Crippen LogP contribution in [0.25, 0.3) is 5.70 Å². The first-order valence-corrected chi connectivity index (χ1v) is 10.8. The van der Waals surface area contributed by atoms with E-state index in [-0.39, 0.29) is 18.3 Å². The van der Waals surface area contributed by atoms with Gasteiger partial charge in [-0.15, -0.1) is 0 Å². The summed E-state index contributed by atoms with van der Waals surface area (Å²) in [6, 6.07) is 14.1. The molecule has 0 unspecified atom stereocenters. The number of aliphatic imine (C=N–C) groups is 1. The number of fused-ring (bicyclic) bond motifs is 1. The largest absolute Gasteiger partial charge is 0.493 e. The maximum absolute atomic E-state index is 13.2. The molecule has 0 aliphatic carbocycles. The summed E-state index contributed by atoms with van der Waals surface area (Å²) in [7, 11) is 3.10. The third kappa shape index (κ3) is 3.79. The maximum atomic E-state index is 13.2. The Hall–Kier alpha value is -3.26. The summed E-state index contributed by atoms with van der Waals surface area (Å²) in [5.41, 5.74) is 2.31. The minimum absolute atomic E-state index is 0.113. The van der Waals surface area contributed by atoms with E-state index in [1.165, 1.54) is 11.8 Å². The molecule has 8 heteroatoms. The third-order valence-corrected chi connectivity index (χ3v) is 6.00. The lowest BCUT2D eigenvalue weighted by Crippen LogP contribution is -2.39. The van der Waals surface area contributed by atoms with Crippen LogP contribution >= 0.6 is 11.8 Å². The first-order chi connectivity index (χ1) is 15.1. The zero-order valence-electron chi connectivity index (χ0n) is 17.5. The molecule has 0 spiro atoms. The zero-order valence-corrected chi connectivity index (χ0v) is 18.3. The molecule has 7 nitrogen and oxygen atoms in total. The van der Waals surface area contributed by atoms with E-state index < -0.39 is 12.0 Å². The van der Waals surface area contributed by atoms with Gasteiger partial charge in [0.2, 0.25) is 5.91 Å². The second kappa shape index (κ2) is 8.85. The van der Waals surface area contributed by atoms with E-state index in [0.29, 0.717) is 33.5 Å². The number of amidine groups is 1. The van der Waals surface area contributed by atoms with Gasteiger partial charge in [0.15, 0.2) is 16.7 Å². The van der Waals surface area contributed by atoms with Crippen LogP contribution in [0.3, 0.4) is 0 Å². The minimum atomic E-state index is -0.691. The number of carbonyl (C=O) groups excluding carboxylic acids is 2. The molecule has 1 saturated heterocycles. The number of hydrogen-bond acceptors (Lipinski definition) is 7. The van der Waals surface area contributed by atoms with Gasteiger partial charge in [0.05, 0.1) is 43.9 Å². The Balaban J connectivity index is 1.97. The topological polar surface area (TPSA) is 77.4 Å². The molecule has 0 radical (unpaired) electrons. The summed E-state index contributed by atoms with van der Waals surface area (Å²) in [5.74, 6) is 0.711. The molecule has 0 aromatic heterocycles. The average Bonchev–Trinajstić information content (AvgIpc) is 3.18. The number of rotatable bonds is 6. The van der Waals surface area contributed by atoms with Gasteiger partial charge in [-0.05, 0) is 24.6 Å². The fraction of sp³-hybridized carbons (Fsp3) is 0.261. The van der Waals surface area contributed by atoms with Crippen molar-refractivity contribution in [2.45, 2.75) is 13.0 Å². The Morgan fingerprint density at radius 3 is 2.55 bits per heavy atom. The highest BCUT2D eigenvalue weighted by Crippen LogP contribution is 2.45. The van der Waals surface area contributed by atoms with Crippen LogP contribution in [0.4, 0.5) is 0 Å². The number of esters is 1. The van der Waals surface area contributed by atoms with E-state index in [9.17, 15) is 9.59 Å². The van der Waals surface area contributed by atoms with Gasteiger partial charge in [-0.25, -0.2) is 9.79 Å². The van der Waals surface area contributed by atoms with E-state index in [1.54, 1.807) is 38.2 Å². The molecule has 4 rings (SSSR count). The van der Waals surface area contributed by atoms with Crippen molar-refractivity contribution in [1.29, 1.82) is 0 Å². The van der Waals surface area contributed by atoms with Crippen molar-refractivity contribution in [1.82, 2.24) is 4.90 Å². The summed E-state index contributed by atoms with van der Waals surface area (Å²) in [4.78, 5) is 32.3. The molecule has 0 saturated carbocycles. The van der Waals surface area contributed by atoms with E-state index in [1.807, 2.05) is 36.4 Å².